The molecule has 4 heteroatoms. The first-order valence-corrected chi connectivity index (χ1v) is 5.95. The average molecular weight is 258 g/mol. The molecule has 0 saturated heterocycles. The number of imidazole rings is 1. The molecule has 3 rings (SSSR count). The second-order valence-corrected chi connectivity index (χ2v) is 4.61. The van der Waals surface area contributed by atoms with Crippen LogP contribution in [0.25, 0.3) is 22.4 Å². The Bertz CT molecular complexity index is 716. The maximum Gasteiger partial charge on any atom is 0.183 e. The number of hydrogen-bond acceptors (Lipinski definition) is 1. The Morgan fingerprint density at radius 1 is 1.11 bits per heavy atom. The van der Waals surface area contributed by atoms with Crippen molar-refractivity contribution < 1.29 is 5.11 Å². The van der Waals surface area contributed by atoms with Crippen LogP contribution in [0.2, 0.25) is 5.02 Å². The Morgan fingerprint density at radius 3 is 2.56 bits per heavy atom. The molecule has 0 aliphatic rings. The third-order valence-corrected chi connectivity index (χ3v) is 3.23. The molecule has 0 spiro atoms. The molecular weight excluding hydrogens is 248 g/mol. The number of aromatic amines is 1. The van der Waals surface area contributed by atoms with E-state index in [0.717, 1.165) is 22.4 Å². The van der Waals surface area contributed by atoms with Crippen molar-refractivity contribution in [2.45, 2.75) is 6.92 Å². The molecule has 0 bridgehead atoms. The fraction of sp³-hybridized carbons (Fsp3) is 0.0714. The summed E-state index contributed by atoms with van der Waals surface area (Å²) in [4.78, 5) is 7.68. The predicted molar refractivity (Wildman–Crippen MR) is 71.4 cm³/mol. The van der Waals surface area contributed by atoms with Crippen LogP contribution in [0.1, 0.15) is 5.56 Å². The Kier molecular flexibility index (Phi) is 2.49. The molecule has 18 heavy (non-hydrogen) atoms. The largest absolute Gasteiger partial charge is 0.338 e. The van der Waals surface area contributed by atoms with Gasteiger partial charge in [-0.05, 0) is 43.3 Å². The van der Waals surface area contributed by atoms with Crippen LogP contribution >= 0.6 is 11.6 Å². The predicted octanol–water partition coefficient (Wildman–Crippen LogP) is 4.34. The van der Waals surface area contributed by atoms with Gasteiger partial charge in [-0.2, -0.15) is 0 Å². The van der Waals surface area contributed by atoms with Crippen LogP contribution in [0.3, 0.4) is 0 Å². The average Bonchev–Trinajstić information content (AvgIpc) is 2.80. The van der Waals surface area contributed by atoms with Gasteiger partial charge in [0.05, 0.1) is 11.0 Å². The molecule has 1 heterocycles. The van der Waals surface area contributed by atoms with Crippen molar-refractivity contribution in [2.24, 2.45) is 0 Å². The highest BCUT2D eigenvalue weighted by atomic mass is 35.5. The number of aryl methyl sites for hydroxylation is 1. The number of nitrogens with one attached hydrogen (secondary N) is 1. The molecule has 1 radical (unpaired) electrons. The molecule has 0 aliphatic carbocycles. The topological polar surface area (TPSA) is 48.6 Å². The van der Waals surface area contributed by atoms with Gasteiger partial charge in [0.1, 0.15) is 5.82 Å². The molecule has 3 nitrogen and oxygen atoms in total. The van der Waals surface area contributed by atoms with Gasteiger partial charge in [-0.3, -0.25) is 5.11 Å². The number of rotatable bonds is 1. The van der Waals surface area contributed by atoms with Gasteiger partial charge in [-0.1, -0.05) is 11.6 Å². The van der Waals surface area contributed by atoms with E-state index in [1.165, 1.54) is 0 Å². The van der Waals surface area contributed by atoms with Crippen LogP contribution in [0.5, 0.6) is 5.75 Å². The van der Waals surface area contributed by atoms with Gasteiger partial charge >= 0.3 is 0 Å². The van der Waals surface area contributed by atoms with E-state index in [4.69, 9.17) is 11.6 Å². The Balaban J connectivity index is 2.19. The van der Waals surface area contributed by atoms with Crippen LogP contribution < -0.4 is 0 Å². The van der Waals surface area contributed by atoms with Crippen molar-refractivity contribution in [3.63, 3.8) is 0 Å². The third-order valence-electron chi connectivity index (χ3n) is 2.98. The van der Waals surface area contributed by atoms with E-state index in [1.54, 1.807) is 19.1 Å². The normalized spacial score (nSPS) is 11.0. The second-order valence-electron chi connectivity index (χ2n) is 4.18. The summed E-state index contributed by atoms with van der Waals surface area (Å²) in [6.07, 6.45) is 0. The van der Waals surface area contributed by atoms with Crippen LogP contribution in [-0.4, -0.2) is 9.97 Å². The van der Waals surface area contributed by atoms with Crippen LogP contribution in [0.4, 0.5) is 0 Å². The summed E-state index contributed by atoms with van der Waals surface area (Å²) in [5.74, 6) is 0.757. The van der Waals surface area contributed by atoms with E-state index >= 15 is 0 Å². The quantitative estimate of drug-likeness (QED) is 0.693. The highest BCUT2D eigenvalue weighted by Gasteiger charge is 2.10. The van der Waals surface area contributed by atoms with Crippen molar-refractivity contribution in [3.05, 3.63) is 47.0 Å². The van der Waals surface area contributed by atoms with Gasteiger partial charge in [-0.15, -0.1) is 0 Å². The number of fused-ring (bicyclic) bond motifs is 1. The number of hydrogen-bond donors (Lipinski definition) is 1. The highest BCUT2D eigenvalue weighted by molar-refractivity contribution is 6.30. The van der Waals surface area contributed by atoms with Crippen molar-refractivity contribution >= 4 is 22.6 Å². The molecule has 1 N–H and O–H groups in total. The van der Waals surface area contributed by atoms with E-state index in [2.05, 4.69) is 9.97 Å². The molecule has 89 valence electrons. The Morgan fingerprint density at radius 2 is 1.83 bits per heavy atom. The Labute approximate surface area is 109 Å². The van der Waals surface area contributed by atoms with Gasteiger partial charge in [0.15, 0.2) is 5.75 Å². The first-order chi connectivity index (χ1) is 8.65. The zero-order valence-electron chi connectivity index (χ0n) is 9.70. The van der Waals surface area contributed by atoms with E-state index in [0.29, 0.717) is 10.6 Å². The van der Waals surface area contributed by atoms with Crippen LogP contribution in [0.15, 0.2) is 36.4 Å². The molecule has 0 atom stereocenters. The summed E-state index contributed by atoms with van der Waals surface area (Å²) < 4.78 is 0. The third kappa shape index (κ3) is 1.73. The van der Waals surface area contributed by atoms with Crippen LogP contribution in [0, 0.1) is 6.92 Å². The molecule has 0 amide bonds. The summed E-state index contributed by atoms with van der Waals surface area (Å²) in [6.45, 7) is 1.79. The fourth-order valence-corrected chi connectivity index (χ4v) is 2.06. The second kappa shape index (κ2) is 4.03. The lowest BCUT2D eigenvalue weighted by atomic mass is 10.2. The summed E-state index contributed by atoms with van der Waals surface area (Å²) in [6, 6.07) is 10.7. The zero-order valence-corrected chi connectivity index (χ0v) is 10.5. The van der Waals surface area contributed by atoms with Gasteiger partial charge in [-0.25, -0.2) is 4.98 Å². The van der Waals surface area contributed by atoms with E-state index in [1.807, 2.05) is 24.3 Å². The van der Waals surface area contributed by atoms with Crippen LogP contribution in [-0.2, 0) is 5.11 Å². The minimum atomic E-state index is 0.0108. The molecule has 0 aliphatic heterocycles. The van der Waals surface area contributed by atoms with Gasteiger partial charge in [0.25, 0.3) is 0 Å². The number of benzene rings is 2. The molecule has 0 fully saturated rings. The Hall–Kier alpha value is -2.00. The summed E-state index contributed by atoms with van der Waals surface area (Å²) in [5, 5.41) is 12.2. The van der Waals surface area contributed by atoms with E-state index < -0.39 is 0 Å². The van der Waals surface area contributed by atoms with Gasteiger partial charge in [0.2, 0.25) is 0 Å². The molecule has 0 unspecified atom stereocenters. The monoisotopic (exact) mass is 257 g/mol. The number of halogens is 1. The maximum absolute atomic E-state index is 11.6. The summed E-state index contributed by atoms with van der Waals surface area (Å²) >= 11 is 5.85. The first kappa shape index (κ1) is 11.1. The minimum absolute atomic E-state index is 0.0108. The number of aromatic nitrogens is 2. The lowest BCUT2D eigenvalue weighted by Gasteiger charge is -1.95. The smallest absolute Gasteiger partial charge is 0.183 e. The fourth-order valence-electron chi connectivity index (χ4n) is 1.94. The number of H-pyrrole nitrogens is 1. The standard InChI is InChI=1S/C14H10ClN2O/c1-8-12(18)7-6-11-13(8)17-14(16-11)9-2-4-10(15)5-3-9/h2-7H,1H3,(H,16,17). The highest BCUT2D eigenvalue weighted by Crippen LogP contribution is 2.28. The van der Waals surface area contributed by atoms with Gasteiger partial charge < -0.3 is 4.98 Å². The van der Waals surface area contributed by atoms with E-state index in [-0.39, 0.29) is 5.75 Å². The molecule has 2 aromatic carbocycles. The SMILES string of the molecule is Cc1c([O])ccc2[nH]c(-c3ccc(Cl)cc3)nc12. The van der Waals surface area contributed by atoms with Crippen molar-refractivity contribution in [2.75, 3.05) is 0 Å². The zero-order chi connectivity index (χ0) is 12.7. The lowest BCUT2D eigenvalue weighted by molar-refractivity contribution is 0.352. The van der Waals surface area contributed by atoms with E-state index in [9.17, 15) is 5.11 Å². The minimum Gasteiger partial charge on any atom is -0.338 e. The van der Waals surface area contributed by atoms with Gasteiger partial charge in [0, 0.05) is 16.1 Å². The van der Waals surface area contributed by atoms with Crippen molar-refractivity contribution in [1.29, 1.82) is 0 Å². The number of nitrogens with zero attached hydrogens (tertiary/aromatic N) is 1. The lowest BCUT2D eigenvalue weighted by Crippen LogP contribution is -1.79. The molecular formula is C14H10ClN2O. The molecule has 0 saturated carbocycles. The summed E-state index contributed by atoms with van der Waals surface area (Å²) in [7, 11) is 0. The van der Waals surface area contributed by atoms with Crippen molar-refractivity contribution in [3.8, 4) is 17.1 Å². The molecule has 1 aromatic heterocycles. The maximum atomic E-state index is 11.6. The molecule has 3 aromatic rings. The first-order valence-electron chi connectivity index (χ1n) is 5.57. The summed E-state index contributed by atoms with van der Waals surface area (Å²) in [5.41, 5.74) is 3.22. The van der Waals surface area contributed by atoms with Crippen molar-refractivity contribution in [1.82, 2.24) is 9.97 Å².